The van der Waals surface area contributed by atoms with E-state index in [4.69, 9.17) is 4.74 Å². The molecule has 5 heteroatoms. The summed E-state index contributed by atoms with van der Waals surface area (Å²) in [4.78, 5) is 14.3. The van der Waals surface area contributed by atoms with Gasteiger partial charge < -0.3 is 14.4 Å². The maximum absolute atomic E-state index is 11.4. The van der Waals surface area contributed by atoms with Crippen molar-refractivity contribution in [2.24, 2.45) is 11.8 Å². The fourth-order valence-corrected chi connectivity index (χ4v) is 7.56. The number of nitrogens with zero attached hydrogens (tertiary/aromatic N) is 2. The van der Waals surface area contributed by atoms with Crippen LogP contribution in [0, 0.1) is 11.8 Å². The number of carboxylic acids is 1. The lowest BCUT2D eigenvalue weighted by Crippen LogP contribution is -2.61. The van der Waals surface area contributed by atoms with Crippen molar-refractivity contribution in [2.75, 3.05) is 13.2 Å². The SMILES string of the molecule is O=C(O)Cc1cn(C2C[C@H]3COC[C@@H](C2)N3C2C[C@H]3CCC[C@@H](C2)C3)c2ccccc12. The summed E-state index contributed by atoms with van der Waals surface area (Å²) in [5.41, 5.74) is 2.12. The molecule has 2 aliphatic heterocycles. The van der Waals surface area contributed by atoms with Crippen LogP contribution in [0.1, 0.15) is 63.0 Å². The fraction of sp³-hybridized carbons (Fsp3) is 0.654. The first-order chi connectivity index (χ1) is 15.2. The molecule has 1 aromatic heterocycles. The Morgan fingerprint density at radius 1 is 0.935 bits per heavy atom. The highest BCUT2D eigenvalue weighted by Gasteiger charge is 2.45. The summed E-state index contributed by atoms with van der Waals surface area (Å²) >= 11 is 0. The number of carbonyl (C=O) groups is 1. The summed E-state index contributed by atoms with van der Waals surface area (Å²) < 4.78 is 8.45. The minimum Gasteiger partial charge on any atom is -0.481 e. The van der Waals surface area contributed by atoms with Gasteiger partial charge in [-0.25, -0.2) is 0 Å². The molecule has 2 saturated carbocycles. The van der Waals surface area contributed by atoms with Gasteiger partial charge in [0, 0.05) is 41.3 Å². The monoisotopic (exact) mass is 422 g/mol. The standard InChI is InChI=1S/C26H34N2O3/c29-26(30)11-19-14-27(25-7-2-1-6-24(19)25)20-12-22-15-31-16-23(13-20)28(22)21-9-17-4-3-5-18(8-17)10-21/h1-2,6-7,14,17-18,20-23H,3-5,8-13,15-16H2,(H,29,30)/t17-,18+,20?,21?,22-,23+. The number of carboxylic acid groups (broad SMARTS) is 1. The summed E-state index contributed by atoms with van der Waals surface area (Å²) in [7, 11) is 0. The minimum absolute atomic E-state index is 0.0905. The Hall–Kier alpha value is -1.85. The topological polar surface area (TPSA) is 54.7 Å². The molecule has 6 rings (SSSR count). The number of aliphatic carboxylic acids is 1. The molecular weight excluding hydrogens is 388 g/mol. The van der Waals surface area contributed by atoms with Crippen LogP contribution in [-0.2, 0) is 16.0 Å². The van der Waals surface area contributed by atoms with Crippen LogP contribution in [-0.4, -0.2) is 51.9 Å². The van der Waals surface area contributed by atoms with Gasteiger partial charge in [0.05, 0.1) is 19.6 Å². The molecule has 166 valence electrons. The largest absolute Gasteiger partial charge is 0.481 e. The molecular formula is C26H34N2O3. The number of aromatic nitrogens is 1. The van der Waals surface area contributed by atoms with Gasteiger partial charge in [-0.2, -0.15) is 0 Å². The van der Waals surface area contributed by atoms with E-state index in [2.05, 4.69) is 33.9 Å². The zero-order valence-corrected chi connectivity index (χ0v) is 18.3. The van der Waals surface area contributed by atoms with Crippen LogP contribution < -0.4 is 0 Å². The molecule has 1 N–H and O–H groups in total. The van der Waals surface area contributed by atoms with E-state index in [1.807, 2.05) is 6.07 Å². The van der Waals surface area contributed by atoms with Crippen LogP contribution in [0.2, 0.25) is 0 Å². The van der Waals surface area contributed by atoms with E-state index >= 15 is 0 Å². The van der Waals surface area contributed by atoms with Crippen molar-refractivity contribution in [1.29, 1.82) is 0 Å². The van der Waals surface area contributed by atoms with E-state index in [1.165, 1.54) is 44.0 Å². The second kappa shape index (κ2) is 7.93. The third kappa shape index (κ3) is 3.60. The van der Waals surface area contributed by atoms with E-state index in [9.17, 15) is 9.90 Å². The van der Waals surface area contributed by atoms with Gasteiger partial charge in [-0.05, 0) is 55.6 Å². The molecule has 2 aliphatic carbocycles. The lowest BCUT2D eigenvalue weighted by Gasteiger charge is -2.55. The van der Waals surface area contributed by atoms with E-state index in [0.717, 1.165) is 54.9 Å². The number of para-hydroxylation sites is 1. The van der Waals surface area contributed by atoms with Crippen LogP contribution in [0.5, 0.6) is 0 Å². The lowest BCUT2D eigenvalue weighted by molar-refractivity contribution is -0.136. The van der Waals surface area contributed by atoms with Crippen molar-refractivity contribution in [3.05, 3.63) is 36.0 Å². The van der Waals surface area contributed by atoms with Gasteiger partial charge in [0.15, 0.2) is 0 Å². The molecule has 3 heterocycles. The number of benzene rings is 1. The zero-order valence-electron chi connectivity index (χ0n) is 18.3. The summed E-state index contributed by atoms with van der Waals surface area (Å²) in [6, 6.07) is 10.5. The Morgan fingerprint density at radius 3 is 2.35 bits per heavy atom. The second-order valence-electron chi connectivity index (χ2n) is 10.6. The van der Waals surface area contributed by atoms with E-state index in [1.54, 1.807) is 0 Å². The Labute approximate surface area is 184 Å². The molecule has 4 aliphatic rings. The van der Waals surface area contributed by atoms with Crippen LogP contribution >= 0.6 is 0 Å². The number of hydrogen-bond acceptors (Lipinski definition) is 3. The molecule has 0 spiro atoms. The van der Waals surface area contributed by atoms with Crippen LogP contribution in [0.4, 0.5) is 0 Å². The van der Waals surface area contributed by atoms with Gasteiger partial charge in [0.2, 0.25) is 0 Å². The first-order valence-corrected chi connectivity index (χ1v) is 12.3. The minimum atomic E-state index is -0.758. The number of morpholine rings is 1. The third-order valence-electron chi connectivity index (χ3n) is 8.63. The van der Waals surface area contributed by atoms with Gasteiger partial charge in [0.1, 0.15) is 0 Å². The smallest absolute Gasteiger partial charge is 0.307 e. The Bertz CT molecular complexity index is 943. The molecule has 0 radical (unpaired) electrons. The van der Waals surface area contributed by atoms with Gasteiger partial charge in [-0.3, -0.25) is 9.69 Å². The van der Waals surface area contributed by atoms with Crippen molar-refractivity contribution in [3.63, 3.8) is 0 Å². The van der Waals surface area contributed by atoms with Crippen molar-refractivity contribution >= 4 is 16.9 Å². The summed E-state index contributed by atoms with van der Waals surface area (Å²) in [6.07, 6.45) is 13.0. The van der Waals surface area contributed by atoms with Crippen LogP contribution in [0.3, 0.4) is 0 Å². The van der Waals surface area contributed by atoms with E-state index < -0.39 is 5.97 Å². The van der Waals surface area contributed by atoms with Crippen molar-refractivity contribution in [2.45, 2.75) is 82.0 Å². The molecule has 2 aromatic rings. The van der Waals surface area contributed by atoms with Crippen molar-refractivity contribution in [1.82, 2.24) is 9.47 Å². The number of fused-ring (bicyclic) bond motifs is 5. The summed E-state index contributed by atoms with van der Waals surface area (Å²) in [5, 5.41) is 10.5. The molecule has 0 amide bonds. The molecule has 1 aromatic carbocycles. The maximum Gasteiger partial charge on any atom is 0.307 e. The van der Waals surface area contributed by atoms with E-state index in [-0.39, 0.29) is 6.42 Å². The van der Waals surface area contributed by atoms with Gasteiger partial charge in [0.25, 0.3) is 0 Å². The molecule has 6 atom stereocenters. The first kappa shape index (κ1) is 19.8. The summed E-state index contributed by atoms with van der Waals surface area (Å²) in [5.74, 6) is 1.14. The lowest BCUT2D eigenvalue weighted by atomic mass is 9.69. The van der Waals surface area contributed by atoms with E-state index in [0.29, 0.717) is 18.1 Å². The van der Waals surface area contributed by atoms with Crippen molar-refractivity contribution in [3.8, 4) is 0 Å². The van der Waals surface area contributed by atoms with Gasteiger partial charge in [-0.1, -0.05) is 37.5 Å². The molecule has 2 unspecified atom stereocenters. The number of ether oxygens (including phenoxy) is 1. The third-order valence-corrected chi connectivity index (χ3v) is 8.63. The van der Waals surface area contributed by atoms with Crippen LogP contribution in [0.15, 0.2) is 30.5 Å². The average molecular weight is 423 g/mol. The molecule has 4 bridgehead atoms. The second-order valence-corrected chi connectivity index (χ2v) is 10.6. The fourth-order valence-electron chi connectivity index (χ4n) is 7.56. The Kier molecular flexibility index (Phi) is 5.07. The predicted octanol–water partition coefficient (Wildman–Crippen LogP) is 4.64. The first-order valence-electron chi connectivity index (χ1n) is 12.3. The predicted molar refractivity (Wildman–Crippen MR) is 120 cm³/mol. The Balaban J connectivity index is 1.28. The molecule has 4 fully saturated rings. The normalized spacial score (nSPS) is 35.9. The molecule has 2 saturated heterocycles. The summed E-state index contributed by atoms with van der Waals surface area (Å²) in [6.45, 7) is 1.69. The highest BCUT2D eigenvalue weighted by molar-refractivity contribution is 5.87. The highest BCUT2D eigenvalue weighted by Crippen LogP contribution is 2.46. The van der Waals surface area contributed by atoms with Gasteiger partial charge in [-0.15, -0.1) is 0 Å². The molecule has 5 nitrogen and oxygen atoms in total. The number of rotatable bonds is 4. The average Bonchev–Trinajstić information content (AvgIpc) is 3.10. The number of hydrogen-bond donors (Lipinski definition) is 1. The zero-order chi connectivity index (χ0) is 20.9. The Morgan fingerprint density at radius 2 is 1.65 bits per heavy atom. The highest BCUT2D eigenvalue weighted by atomic mass is 16.5. The van der Waals surface area contributed by atoms with Gasteiger partial charge >= 0.3 is 5.97 Å². The van der Waals surface area contributed by atoms with Crippen LogP contribution in [0.25, 0.3) is 10.9 Å². The number of piperidine rings is 1. The maximum atomic E-state index is 11.4. The van der Waals surface area contributed by atoms with Crippen molar-refractivity contribution < 1.29 is 14.6 Å². The molecule has 31 heavy (non-hydrogen) atoms. The quantitative estimate of drug-likeness (QED) is 0.780.